The second kappa shape index (κ2) is 5.07. The Morgan fingerprint density at radius 2 is 2.05 bits per heavy atom. The van der Waals surface area contributed by atoms with E-state index in [4.69, 9.17) is 0 Å². The molecule has 0 spiro atoms. The van der Waals surface area contributed by atoms with Crippen molar-refractivity contribution in [3.8, 4) is 0 Å². The minimum atomic E-state index is -5.20. The van der Waals surface area contributed by atoms with Crippen LogP contribution in [0.25, 0.3) is 10.9 Å². The number of carbonyl (C=O) groups is 1. The van der Waals surface area contributed by atoms with Gasteiger partial charge in [0.05, 0.1) is 7.11 Å². The van der Waals surface area contributed by atoms with Crippen molar-refractivity contribution in [2.24, 2.45) is 0 Å². The predicted molar refractivity (Wildman–Crippen MR) is 69.6 cm³/mol. The molecule has 21 heavy (non-hydrogen) atoms. The Morgan fingerprint density at radius 1 is 1.38 bits per heavy atom. The van der Waals surface area contributed by atoms with Gasteiger partial charge >= 0.3 is 12.1 Å². The lowest BCUT2D eigenvalue weighted by molar-refractivity contribution is -0.266. The van der Waals surface area contributed by atoms with Gasteiger partial charge in [0, 0.05) is 22.7 Å². The highest BCUT2D eigenvalue weighted by molar-refractivity contribution is 5.93. The van der Waals surface area contributed by atoms with Crippen molar-refractivity contribution in [2.45, 2.75) is 25.1 Å². The van der Waals surface area contributed by atoms with Gasteiger partial charge in [-0.25, -0.2) is 4.79 Å². The Labute approximate surface area is 118 Å². The molecule has 0 fully saturated rings. The van der Waals surface area contributed by atoms with Crippen LogP contribution >= 0.6 is 0 Å². The fraction of sp³-hybridized carbons (Fsp3) is 0.357. The van der Waals surface area contributed by atoms with Gasteiger partial charge in [-0.15, -0.1) is 0 Å². The summed E-state index contributed by atoms with van der Waals surface area (Å²) < 4.78 is 43.9. The van der Waals surface area contributed by atoms with Gasteiger partial charge in [0.1, 0.15) is 0 Å². The number of methoxy groups -OCH3 is 1. The van der Waals surface area contributed by atoms with Gasteiger partial charge < -0.3 is 14.8 Å². The molecule has 4 nitrogen and oxygen atoms in total. The molecule has 0 saturated heterocycles. The Balaban J connectivity index is 2.76. The third kappa shape index (κ3) is 2.17. The molecule has 1 heterocycles. The number of esters is 1. The molecule has 0 aliphatic heterocycles. The average molecular weight is 301 g/mol. The van der Waals surface area contributed by atoms with E-state index in [-0.39, 0.29) is 5.39 Å². The van der Waals surface area contributed by atoms with Crippen LogP contribution in [-0.2, 0) is 21.6 Å². The highest BCUT2D eigenvalue weighted by Gasteiger charge is 2.63. The first-order valence-corrected chi connectivity index (χ1v) is 6.24. The first kappa shape index (κ1) is 15.4. The maximum atomic E-state index is 13.3. The molecule has 2 aromatic rings. The fourth-order valence-corrected chi connectivity index (χ4v) is 2.34. The van der Waals surface area contributed by atoms with Crippen molar-refractivity contribution in [2.75, 3.05) is 7.11 Å². The first-order valence-electron chi connectivity index (χ1n) is 6.24. The maximum Gasteiger partial charge on any atom is 0.432 e. The molecule has 2 rings (SSSR count). The SMILES string of the molecule is CCc1cccc2c(C(O)(C(=O)OC)C(F)(F)F)c[nH]c12. The van der Waals surface area contributed by atoms with Gasteiger partial charge in [0.25, 0.3) is 5.60 Å². The number of nitrogens with one attached hydrogen (secondary N) is 1. The summed E-state index contributed by atoms with van der Waals surface area (Å²) >= 11 is 0. The number of benzene rings is 1. The Bertz CT molecular complexity index is 678. The van der Waals surface area contributed by atoms with Gasteiger partial charge in [-0.05, 0) is 12.0 Å². The molecule has 1 aromatic heterocycles. The molecular formula is C14H14F3NO3. The number of hydrogen-bond acceptors (Lipinski definition) is 3. The summed E-state index contributed by atoms with van der Waals surface area (Å²) in [5.74, 6) is -1.77. The number of rotatable bonds is 3. The topological polar surface area (TPSA) is 62.3 Å². The van der Waals surface area contributed by atoms with Crippen molar-refractivity contribution in [3.63, 3.8) is 0 Å². The summed E-state index contributed by atoms with van der Waals surface area (Å²) in [6, 6.07) is 4.75. The lowest BCUT2D eigenvalue weighted by Gasteiger charge is -2.27. The number of alkyl halides is 3. The monoisotopic (exact) mass is 301 g/mol. The largest absolute Gasteiger partial charge is 0.466 e. The fourth-order valence-electron chi connectivity index (χ4n) is 2.34. The number of carbonyl (C=O) groups excluding carboxylic acids is 1. The molecule has 1 unspecified atom stereocenters. The van der Waals surface area contributed by atoms with Crippen LogP contribution < -0.4 is 0 Å². The quantitative estimate of drug-likeness (QED) is 0.857. The van der Waals surface area contributed by atoms with Crippen LogP contribution in [0.5, 0.6) is 0 Å². The van der Waals surface area contributed by atoms with Crippen LogP contribution in [0.1, 0.15) is 18.1 Å². The number of H-pyrrole nitrogens is 1. The zero-order valence-electron chi connectivity index (χ0n) is 11.4. The number of halogens is 3. The molecule has 0 aliphatic rings. The average Bonchev–Trinajstić information content (AvgIpc) is 2.88. The lowest BCUT2D eigenvalue weighted by atomic mass is 9.92. The van der Waals surface area contributed by atoms with Gasteiger partial charge in [0.15, 0.2) is 0 Å². The van der Waals surface area contributed by atoms with Crippen molar-refractivity contribution in [1.82, 2.24) is 4.98 Å². The molecule has 0 saturated carbocycles. The smallest absolute Gasteiger partial charge is 0.432 e. The van der Waals surface area contributed by atoms with Crippen LogP contribution in [0.15, 0.2) is 24.4 Å². The molecule has 0 aliphatic carbocycles. The summed E-state index contributed by atoms with van der Waals surface area (Å²) in [6.45, 7) is 1.85. The number of aromatic nitrogens is 1. The van der Waals surface area contributed by atoms with Gasteiger partial charge in [-0.2, -0.15) is 13.2 Å². The van der Waals surface area contributed by atoms with E-state index < -0.39 is 23.3 Å². The summed E-state index contributed by atoms with van der Waals surface area (Å²) in [6.07, 6.45) is -3.61. The lowest BCUT2D eigenvalue weighted by Crippen LogP contribution is -2.49. The molecule has 1 atom stereocenters. The van der Waals surface area contributed by atoms with Crippen LogP contribution in [0.3, 0.4) is 0 Å². The Kier molecular flexibility index (Phi) is 3.71. The van der Waals surface area contributed by atoms with E-state index in [0.29, 0.717) is 11.9 Å². The molecule has 0 bridgehead atoms. The van der Waals surface area contributed by atoms with Crippen LogP contribution in [0.4, 0.5) is 13.2 Å². The normalized spacial score (nSPS) is 15.0. The van der Waals surface area contributed by atoms with E-state index in [1.807, 2.05) is 6.92 Å². The molecule has 1 aromatic carbocycles. The van der Waals surface area contributed by atoms with Gasteiger partial charge in [-0.3, -0.25) is 0 Å². The molecule has 114 valence electrons. The van der Waals surface area contributed by atoms with E-state index in [2.05, 4.69) is 9.72 Å². The number of hydrogen-bond donors (Lipinski definition) is 2. The number of fused-ring (bicyclic) bond motifs is 1. The molecular weight excluding hydrogens is 287 g/mol. The number of aromatic amines is 1. The molecule has 7 heteroatoms. The molecule has 0 radical (unpaired) electrons. The third-order valence-corrected chi connectivity index (χ3v) is 3.46. The first-order chi connectivity index (χ1) is 9.77. The van der Waals surface area contributed by atoms with E-state index in [0.717, 1.165) is 18.9 Å². The van der Waals surface area contributed by atoms with Crippen molar-refractivity contribution < 1.29 is 27.8 Å². The minimum absolute atomic E-state index is 0.138. The van der Waals surface area contributed by atoms with Crippen molar-refractivity contribution >= 4 is 16.9 Å². The van der Waals surface area contributed by atoms with Crippen molar-refractivity contribution in [3.05, 3.63) is 35.5 Å². The summed E-state index contributed by atoms with van der Waals surface area (Å²) in [5.41, 5.74) is -3.02. The molecule has 0 amide bonds. The maximum absolute atomic E-state index is 13.3. The zero-order chi connectivity index (χ0) is 15.8. The van der Waals surface area contributed by atoms with Crippen LogP contribution in [0.2, 0.25) is 0 Å². The standard InChI is InChI=1S/C14H14F3NO3/c1-3-8-5-4-6-9-10(7-18-11(8)9)13(20,12(19)21-2)14(15,16)17/h4-7,18,20H,3H2,1-2H3. The zero-order valence-corrected chi connectivity index (χ0v) is 11.4. The minimum Gasteiger partial charge on any atom is -0.466 e. The third-order valence-electron chi connectivity index (χ3n) is 3.46. The summed E-state index contributed by atoms with van der Waals surface area (Å²) in [7, 11) is 0.797. The number of aryl methyl sites for hydroxylation is 1. The Morgan fingerprint density at radius 3 is 2.57 bits per heavy atom. The Hall–Kier alpha value is -2.02. The number of aliphatic hydroxyl groups is 1. The number of ether oxygens (including phenoxy) is 1. The second-order valence-electron chi connectivity index (χ2n) is 4.60. The van der Waals surface area contributed by atoms with Crippen LogP contribution in [0, 0.1) is 0 Å². The highest BCUT2D eigenvalue weighted by Crippen LogP contribution is 2.43. The summed E-state index contributed by atoms with van der Waals surface area (Å²) in [5, 5.41) is 10.2. The van der Waals surface area contributed by atoms with Gasteiger partial charge in [0.2, 0.25) is 0 Å². The van der Waals surface area contributed by atoms with E-state index in [1.165, 1.54) is 6.07 Å². The van der Waals surface area contributed by atoms with E-state index in [1.54, 1.807) is 12.1 Å². The highest BCUT2D eigenvalue weighted by atomic mass is 19.4. The number of para-hydroxylation sites is 1. The van der Waals surface area contributed by atoms with Gasteiger partial charge in [-0.1, -0.05) is 25.1 Å². The molecule has 2 N–H and O–H groups in total. The van der Waals surface area contributed by atoms with E-state index in [9.17, 15) is 23.1 Å². The summed E-state index contributed by atoms with van der Waals surface area (Å²) in [4.78, 5) is 14.3. The van der Waals surface area contributed by atoms with E-state index >= 15 is 0 Å². The second-order valence-corrected chi connectivity index (χ2v) is 4.60. The predicted octanol–water partition coefficient (Wildman–Crippen LogP) is 2.65. The van der Waals surface area contributed by atoms with Crippen molar-refractivity contribution in [1.29, 1.82) is 0 Å². The van der Waals surface area contributed by atoms with Crippen LogP contribution in [-0.4, -0.2) is 29.3 Å².